The number of ether oxygens (including phenoxy) is 1. The minimum Gasteiger partial charge on any atom is -0.508 e. The van der Waals surface area contributed by atoms with Crippen molar-refractivity contribution in [2.75, 3.05) is 6.61 Å². The monoisotopic (exact) mass is 360 g/mol. The third-order valence-electron chi connectivity index (χ3n) is 5.07. The number of carboxylic acid groups (broad SMARTS) is 1. The number of benzene rings is 3. The molecule has 0 saturated carbocycles. The van der Waals surface area contributed by atoms with Gasteiger partial charge in [0.2, 0.25) is 0 Å². The number of rotatable bonds is 4. The van der Waals surface area contributed by atoms with Crippen LogP contribution in [-0.2, 0) is 11.2 Å². The molecule has 2 atom stereocenters. The van der Waals surface area contributed by atoms with Crippen molar-refractivity contribution < 1.29 is 19.7 Å². The predicted molar refractivity (Wildman–Crippen MR) is 102 cm³/mol. The molecule has 1 aliphatic heterocycles. The first-order valence-corrected chi connectivity index (χ1v) is 8.93. The van der Waals surface area contributed by atoms with Crippen LogP contribution in [-0.4, -0.2) is 22.8 Å². The van der Waals surface area contributed by atoms with Gasteiger partial charge in [-0.05, 0) is 34.9 Å². The number of aliphatic carboxylic acids is 1. The van der Waals surface area contributed by atoms with Gasteiger partial charge in [-0.2, -0.15) is 0 Å². The SMILES string of the molecule is O=C(O)Cc1ccc([C@@H]2c3cc(O)ccc3OC[C@@H]2c2ccccc2)cc1. The molecule has 136 valence electrons. The molecule has 4 nitrogen and oxygen atoms in total. The third kappa shape index (κ3) is 3.51. The van der Waals surface area contributed by atoms with Crippen LogP contribution in [0.2, 0.25) is 0 Å². The summed E-state index contributed by atoms with van der Waals surface area (Å²) in [5.41, 5.74) is 3.96. The van der Waals surface area contributed by atoms with Crippen LogP contribution in [0.15, 0.2) is 72.8 Å². The molecule has 4 rings (SSSR count). The van der Waals surface area contributed by atoms with Crippen LogP contribution in [0.1, 0.15) is 34.1 Å². The Morgan fingerprint density at radius 3 is 2.41 bits per heavy atom. The minimum absolute atomic E-state index is 0.00749. The van der Waals surface area contributed by atoms with E-state index in [2.05, 4.69) is 12.1 Å². The smallest absolute Gasteiger partial charge is 0.307 e. The highest BCUT2D eigenvalue weighted by Crippen LogP contribution is 2.46. The molecular formula is C23H20O4. The Bertz CT molecular complexity index is 948. The van der Waals surface area contributed by atoms with Gasteiger partial charge in [-0.1, -0.05) is 54.6 Å². The molecule has 2 N–H and O–H groups in total. The average Bonchev–Trinajstić information content (AvgIpc) is 2.68. The van der Waals surface area contributed by atoms with E-state index >= 15 is 0 Å². The minimum atomic E-state index is -0.841. The summed E-state index contributed by atoms with van der Waals surface area (Å²) >= 11 is 0. The fourth-order valence-electron chi connectivity index (χ4n) is 3.82. The molecule has 0 unspecified atom stereocenters. The summed E-state index contributed by atoms with van der Waals surface area (Å²) < 4.78 is 5.98. The van der Waals surface area contributed by atoms with E-state index in [0.29, 0.717) is 6.61 Å². The average molecular weight is 360 g/mol. The predicted octanol–water partition coefficient (Wildman–Crippen LogP) is 4.33. The third-order valence-corrected chi connectivity index (χ3v) is 5.07. The van der Waals surface area contributed by atoms with Gasteiger partial charge in [0.05, 0.1) is 13.0 Å². The highest BCUT2D eigenvalue weighted by Gasteiger charge is 2.33. The van der Waals surface area contributed by atoms with Crippen molar-refractivity contribution in [3.63, 3.8) is 0 Å². The zero-order chi connectivity index (χ0) is 18.8. The molecule has 3 aromatic rings. The number of fused-ring (bicyclic) bond motifs is 1. The summed E-state index contributed by atoms with van der Waals surface area (Å²) in [6, 6.07) is 23.1. The molecule has 0 spiro atoms. The first-order valence-electron chi connectivity index (χ1n) is 8.93. The highest BCUT2D eigenvalue weighted by molar-refractivity contribution is 5.70. The van der Waals surface area contributed by atoms with Crippen molar-refractivity contribution in [2.45, 2.75) is 18.3 Å². The van der Waals surface area contributed by atoms with Crippen molar-refractivity contribution in [1.82, 2.24) is 0 Å². The fraction of sp³-hybridized carbons (Fsp3) is 0.174. The van der Waals surface area contributed by atoms with Gasteiger partial charge in [0.15, 0.2) is 0 Å². The van der Waals surface area contributed by atoms with Crippen molar-refractivity contribution in [3.05, 3.63) is 95.1 Å². The molecule has 1 aliphatic rings. The van der Waals surface area contributed by atoms with E-state index < -0.39 is 5.97 Å². The largest absolute Gasteiger partial charge is 0.508 e. The standard InChI is InChI=1S/C23H20O4/c24-18-10-11-21-19(13-18)23(17-8-6-15(7-9-17)12-22(25)26)20(14-27-21)16-4-2-1-3-5-16/h1-11,13,20,23-24H,12,14H2,(H,25,26)/t20-,23-/m1/s1. The lowest BCUT2D eigenvalue weighted by Gasteiger charge is -2.34. The van der Waals surface area contributed by atoms with E-state index in [1.54, 1.807) is 18.2 Å². The van der Waals surface area contributed by atoms with Crippen molar-refractivity contribution in [2.24, 2.45) is 0 Å². The number of hydrogen-bond acceptors (Lipinski definition) is 3. The van der Waals surface area contributed by atoms with Crippen LogP contribution < -0.4 is 4.74 Å². The van der Waals surface area contributed by atoms with E-state index in [9.17, 15) is 9.90 Å². The summed E-state index contributed by atoms with van der Waals surface area (Å²) in [5.74, 6) is 0.261. The van der Waals surface area contributed by atoms with Crippen molar-refractivity contribution in [1.29, 1.82) is 0 Å². The summed E-state index contributed by atoms with van der Waals surface area (Å²) in [6.07, 6.45) is 0.00749. The number of carboxylic acids is 1. The summed E-state index contributed by atoms with van der Waals surface area (Å²) in [7, 11) is 0. The Morgan fingerprint density at radius 1 is 0.963 bits per heavy atom. The zero-order valence-corrected chi connectivity index (χ0v) is 14.7. The molecule has 0 saturated heterocycles. The number of phenolic OH excluding ortho intramolecular Hbond substituents is 1. The normalized spacial score (nSPS) is 18.4. The molecule has 0 aliphatic carbocycles. The molecule has 0 radical (unpaired) electrons. The molecule has 0 amide bonds. The first kappa shape index (κ1) is 17.2. The van der Waals surface area contributed by atoms with Crippen LogP contribution in [0.3, 0.4) is 0 Å². The van der Waals surface area contributed by atoms with Gasteiger partial charge in [0.25, 0.3) is 0 Å². The van der Waals surface area contributed by atoms with Gasteiger partial charge in [0, 0.05) is 17.4 Å². The molecule has 0 fully saturated rings. The summed E-state index contributed by atoms with van der Waals surface area (Å²) in [6.45, 7) is 0.545. The Hall–Kier alpha value is -3.27. The van der Waals surface area contributed by atoms with Gasteiger partial charge in [-0.15, -0.1) is 0 Å². The van der Waals surface area contributed by atoms with E-state index in [-0.39, 0.29) is 24.0 Å². The van der Waals surface area contributed by atoms with E-state index in [4.69, 9.17) is 9.84 Å². The van der Waals surface area contributed by atoms with Gasteiger partial charge < -0.3 is 14.9 Å². The zero-order valence-electron chi connectivity index (χ0n) is 14.7. The topological polar surface area (TPSA) is 66.8 Å². The summed E-state index contributed by atoms with van der Waals surface area (Å²) in [4.78, 5) is 10.9. The molecule has 3 aromatic carbocycles. The van der Waals surface area contributed by atoms with Gasteiger partial charge in [-0.3, -0.25) is 4.79 Å². The highest BCUT2D eigenvalue weighted by atomic mass is 16.5. The Morgan fingerprint density at radius 2 is 1.70 bits per heavy atom. The van der Waals surface area contributed by atoms with Crippen LogP contribution in [0.5, 0.6) is 11.5 Å². The lowest BCUT2D eigenvalue weighted by Crippen LogP contribution is -2.25. The molecule has 4 heteroatoms. The first-order chi connectivity index (χ1) is 13.1. The second-order valence-corrected chi connectivity index (χ2v) is 6.84. The summed E-state index contributed by atoms with van der Waals surface area (Å²) in [5, 5.41) is 19.0. The Kier molecular flexibility index (Phi) is 4.55. The van der Waals surface area contributed by atoms with Gasteiger partial charge in [-0.25, -0.2) is 0 Å². The quantitative estimate of drug-likeness (QED) is 0.727. The maximum atomic E-state index is 10.9. The molecule has 1 heterocycles. The maximum Gasteiger partial charge on any atom is 0.307 e. The number of carbonyl (C=O) groups is 1. The fourth-order valence-corrected chi connectivity index (χ4v) is 3.82. The lowest BCUT2D eigenvalue weighted by atomic mass is 9.75. The molecule has 0 bridgehead atoms. The van der Waals surface area contributed by atoms with Crippen LogP contribution in [0, 0.1) is 0 Å². The number of aromatic hydroxyl groups is 1. The van der Waals surface area contributed by atoms with Crippen LogP contribution in [0.4, 0.5) is 0 Å². The van der Waals surface area contributed by atoms with Crippen LogP contribution in [0.25, 0.3) is 0 Å². The van der Waals surface area contributed by atoms with E-state index in [0.717, 1.165) is 22.4 Å². The second kappa shape index (κ2) is 7.16. The van der Waals surface area contributed by atoms with Crippen LogP contribution >= 0.6 is 0 Å². The Balaban J connectivity index is 1.79. The van der Waals surface area contributed by atoms with Crippen molar-refractivity contribution >= 4 is 5.97 Å². The molecule has 27 heavy (non-hydrogen) atoms. The second-order valence-electron chi connectivity index (χ2n) is 6.84. The molecular weight excluding hydrogens is 340 g/mol. The van der Waals surface area contributed by atoms with Gasteiger partial charge >= 0.3 is 5.97 Å². The lowest BCUT2D eigenvalue weighted by molar-refractivity contribution is -0.136. The van der Waals surface area contributed by atoms with E-state index in [1.807, 2.05) is 42.5 Å². The van der Waals surface area contributed by atoms with Gasteiger partial charge in [0.1, 0.15) is 11.5 Å². The van der Waals surface area contributed by atoms with Crippen molar-refractivity contribution in [3.8, 4) is 11.5 Å². The number of hydrogen-bond donors (Lipinski definition) is 2. The molecule has 0 aromatic heterocycles. The maximum absolute atomic E-state index is 10.9. The van der Waals surface area contributed by atoms with E-state index in [1.165, 1.54) is 5.56 Å². The Labute approximate surface area is 157 Å². The number of phenols is 1.